The number of nitrogen functional groups attached to an aromatic ring is 1. The van der Waals surface area contributed by atoms with Gasteiger partial charge in [0.05, 0.1) is 5.69 Å². The lowest BCUT2D eigenvalue weighted by Gasteiger charge is -2.09. The molecule has 19 heavy (non-hydrogen) atoms. The highest BCUT2D eigenvalue weighted by Gasteiger charge is 2.13. The van der Waals surface area contributed by atoms with Crippen LogP contribution in [0.3, 0.4) is 0 Å². The lowest BCUT2D eigenvalue weighted by Crippen LogP contribution is -2.19. The van der Waals surface area contributed by atoms with Gasteiger partial charge in [-0.2, -0.15) is 0 Å². The predicted molar refractivity (Wildman–Crippen MR) is 73.6 cm³/mol. The molecule has 2 rings (SSSR count). The fourth-order valence-electron chi connectivity index (χ4n) is 1.70. The molecule has 3 N–H and O–H groups in total. The molecule has 0 bridgehead atoms. The molecular weight excluding hydrogens is 267 g/mol. The van der Waals surface area contributed by atoms with E-state index in [1.165, 1.54) is 22.4 Å². The molecule has 0 aliphatic rings. The Morgan fingerprint density at radius 2 is 2.26 bits per heavy atom. The Balaban J connectivity index is 2.20. The van der Waals surface area contributed by atoms with Crippen LogP contribution in [0.5, 0.6) is 0 Å². The number of rotatable bonds is 4. The van der Waals surface area contributed by atoms with Crippen LogP contribution < -0.4 is 11.4 Å². The monoisotopic (exact) mass is 282 g/mol. The molecule has 5 nitrogen and oxygen atoms in total. The molecule has 0 radical (unpaired) electrons. The van der Waals surface area contributed by atoms with E-state index in [0.717, 1.165) is 0 Å². The number of nitrogens with two attached hydrogens (primary N) is 1. The van der Waals surface area contributed by atoms with Crippen LogP contribution in [0.4, 0.5) is 10.1 Å². The summed E-state index contributed by atoms with van der Waals surface area (Å²) in [5.74, 6) is -0.0440. The van der Waals surface area contributed by atoms with Gasteiger partial charge in [-0.05, 0) is 19.9 Å². The minimum Gasteiger partial charge on any atom is -0.396 e. The lowest BCUT2D eigenvalue weighted by atomic mass is 10.2. The highest BCUT2D eigenvalue weighted by molar-refractivity contribution is 7.98. The van der Waals surface area contributed by atoms with Gasteiger partial charge < -0.3 is 5.73 Å². The molecule has 0 saturated heterocycles. The summed E-state index contributed by atoms with van der Waals surface area (Å²) in [6, 6.07) is 4.89. The molecule has 1 aromatic carbocycles. The fourth-order valence-corrected chi connectivity index (χ4v) is 2.75. The number of halogens is 1. The number of nitrogens with zero attached hydrogens (tertiary/aromatic N) is 2. The molecule has 0 unspecified atom stereocenters. The SMILES string of the molecule is CC(C)n1c(SCc2cccc(N)c2F)n[nH]c1=O. The first-order valence-corrected chi connectivity index (χ1v) is 6.82. The van der Waals surface area contributed by atoms with Crippen molar-refractivity contribution in [1.82, 2.24) is 14.8 Å². The van der Waals surface area contributed by atoms with Crippen LogP contribution in [0.2, 0.25) is 0 Å². The summed E-state index contributed by atoms with van der Waals surface area (Å²) in [7, 11) is 0. The molecule has 0 saturated carbocycles. The molecule has 0 aliphatic heterocycles. The van der Waals surface area contributed by atoms with E-state index in [1.54, 1.807) is 12.1 Å². The van der Waals surface area contributed by atoms with Crippen LogP contribution >= 0.6 is 11.8 Å². The Bertz CT molecular complexity index is 635. The first-order chi connectivity index (χ1) is 9.00. The maximum absolute atomic E-state index is 13.7. The van der Waals surface area contributed by atoms with E-state index in [0.29, 0.717) is 16.5 Å². The van der Waals surface area contributed by atoms with Gasteiger partial charge in [-0.25, -0.2) is 14.3 Å². The first-order valence-electron chi connectivity index (χ1n) is 5.83. The van der Waals surface area contributed by atoms with Gasteiger partial charge in [-0.15, -0.1) is 5.10 Å². The Hall–Kier alpha value is -1.76. The quantitative estimate of drug-likeness (QED) is 0.665. The number of thioether (sulfide) groups is 1. The molecule has 102 valence electrons. The lowest BCUT2D eigenvalue weighted by molar-refractivity contribution is 0.534. The van der Waals surface area contributed by atoms with Crippen LogP contribution in [-0.4, -0.2) is 14.8 Å². The Kier molecular flexibility index (Phi) is 3.94. The van der Waals surface area contributed by atoms with Crippen LogP contribution in [0.25, 0.3) is 0 Å². The largest absolute Gasteiger partial charge is 0.396 e. The van der Waals surface area contributed by atoms with Gasteiger partial charge in [0.2, 0.25) is 0 Å². The number of benzene rings is 1. The van der Waals surface area contributed by atoms with Crippen LogP contribution in [0.1, 0.15) is 25.5 Å². The maximum Gasteiger partial charge on any atom is 0.344 e. The van der Waals surface area contributed by atoms with E-state index < -0.39 is 5.82 Å². The zero-order valence-electron chi connectivity index (χ0n) is 10.7. The number of H-pyrrole nitrogens is 1. The molecule has 0 atom stereocenters. The number of aromatic nitrogens is 3. The van der Waals surface area contributed by atoms with Crippen LogP contribution in [0, 0.1) is 5.82 Å². The molecular formula is C12H15FN4OS. The second-order valence-electron chi connectivity index (χ2n) is 4.38. The molecule has 1 heterocycles. The highest BCUT2D eigenvalue weighted by Crippen LogP contribution is 2.25. The smallest absolute Gasteiger partial charge is 0.344 e. The van der Waals surface area contributed by atoms with Gasteiger partial charge in [0.15, 0.2) is 5.16 Å². The van der Waals surface area contributed by atoms with Gasteiger partial charge in [-0.3, -0.25) is 4.57 Å². The average molecular weight is 282 g/mol. The van der Waals surface area contributed by atoms with E-state index in [2.05, 4.69) is 10.2 Å². The Morgan fingerprint density at radius 3 is 2.95 bits per heavy atom. The van der Waals surface area contributed by atoms with Crippen molar-refractivity contribution in [2.45, 2.75) is 30.8 Å². The van der Waals surface area contributed by atoms with Crippen molar-refractivity contribution >= 4 is 17.4 Å². The van der Waals surface area contributed by atoms with E-state index in [1.807, 2.05) is 13.8 Å². The van der Waals surface area contributed by atoms with Crippen molar-refractivity contribution in [3.8, 4) is 0 Å². The zero-order valence-corrected chi connectivity index (χ0v) is 11.5. The number of aromatic amines is 1. The number of hydrogen-bond acceptors (Lipinski definition) is 4. The minimum absolute atomic E-state index is 0.000519. The summed E-state index contributed by atoms with van der Waals surface area (Å²) < 4.78 is 15.3. The third kappa shape index (κ3) is 2.81. The number of nitrogens with one attached hydrogen (secondary N) is 1. The topological polar surface area (TPSA) is 76.7 Å². The van der Waals surface area contributed by atoms with E-state index in [4.69, 9.17) is 5.73 Å². The standard InChI is InChI=1S/C12H15FN4OS/c1-7(2)17-11(18)15-16-12(17)19-6-8-4-3-5-9(14)10(8)13/h3-5,7H,6,14H2,1-2H3,(H,15,18). The maximum atomic E-state index is 13.7. The summed E-state index contributed by atoms with van der Waals surface area (Å²) >= 11 is 1.30. The molecule has 0 amide bonds. The van der Waals surface area contributed by atoms with E-state index >= 15 is 0 Å². The van der Waals surface area contributed by atoms with Gasteiger partial charge in [-0.1, -0.05) is 23.9 Å². The zero-order chi connectivity index (χ0) is 14.0. The molecule has 7 heteroatoms. The van der Waals surface area contributed by atoms with Crippen molar-refractivity contribution in [2.24, 2.45) is 0 Å². The minimum atomic E-state index is -0.413. The molecule has 2 aromatic rings. The van der Waals surface area contributed by atoms with Crippen molar-refractivity contribution in [2.75, 3.05) is 5.73 Å². The molecule has 1 aromatic heterocycles. The van der Waals surface area contributed by atoms with Crippen molar-refractivity contribution in [3.63, 3.8) is 0 Å². The second-order valence-corrected chi connectivity index (χ2v) is 5.33. The first kappa shape index (κ1) is 13.7. The summed E-state index contributed by atoms with van der Waals surface area (Å²) in [6.07, 6.45) is 0. The number of hydrogen-bond donors (Lipinski definition) is 2. The summed E-state index contributed by atoms with van der Waals surface area (Å²) in [5, 5.41) is 6.88. The van der Waals surface area contributed by atoms with Crippen LogP contribution in [-0.2, 0) is 5.75 Å². The van der Waals surface area contributed by atoms with Gasteiger partial charge >= 0.3 is 5.69 Å². The van der Waals surface area contributed by atoms with Crippen LogP contribution in [0.15, 0.2) is 28.2 Å². The average Bonchev–Trinajstić information content (AvgIpc) is 2.72. The Labute approximate surface area is 114 Å². The van der Waals surface area contributed by atoms with E-state index in [9.17, 15) is 9.18 Å². The van der Waals surface area contributed by atoms with Crippen molar-refractivity contribution in [1.29, 1.82) is 0 Å². The normalized spacial score (nSPS) is 11.2. The third-order valence-corrected chi connectivity index (χ3v) is 3.66. The highest BCUT2D eigenvalue weighted by atomic mass is 32.2. The van der Waals surface area contributed by atoms with Gasteiger partial charge in [0.1, 0.15) is 5.82 Å². The van der Waals surface area contributed by atoms with Gasteiger partial charge in [0, 0.05) is 17.4 Å². The summed E-state index contributed by atoms with van der Waals surface area (Å²) in [5.41, 5.74) is 5.87. The fraction of sp³-hybridized carbons (Fsp3) is 0.333. The van der Waals surface area contributed by atoms with Crippen molar-refractivity contribution < 1.29 is 4.39 Å². The second kappa shape index (κ2) is 5.48. The summed E-state index contributed by atoms with van der Waals surface area (Å²) in [4.78, 5) is 11.6. The third-order valence-electron chi connectivity index (χ3n) is 2.65. The summed E-state index contributed by atoms with van der Waals surface area (Å²) in [6.45, 7) is 3.78. The molecule has 0 fully saturated rings. The Morgan fingerprint density at radius 1 is 1.53 bits per heavy atom. The van der Waals surface area contributed by atoms with Gasteiger partial charge in [0.25, 0.3) is 0 Å². The van der Waals surface area contributed by atoms with E-state index in [-0.39, 0.29) is 17.4 Å². The van der Waals surface area contributed by atoms with Crippen molar-refractivity contribution in [3.05, 3.63) is 40.1 Å². The predicted octanol–water partition coefficient (Wildman–Crippen LogP) is 2.17. The number of anilines is 1. The molecule has 0 aliphatic carbocycles. The molecule has 0 spiro atoms.